The third-order valence-electron chi connectivity index (χ3n) is 4.93. The number of anilines is 1. The number of carbonyl (C=O) groups excluding carboxylic acids is 3. The third-order valence-corrected chi connectivity index (χ3v) is 5.42. The van der Waals surface area contributed by atoms with E-state index in [0.29, 0.717) is 47.5 Å². The smallest absolute Gasteiger partial charge is 0.305 e. The van der Waals surface area contributed by atoms with Crippen molar-refractivity contribution in [3.63, 3.8) is 0 Å². The average molecular weight is 487 g/mol. The Morgan fingerprint density at radius 3 is 2.71 bits per heavy atom. The molecule has 0 saturated heterocycles. The minimum Gasteiger partial charge on any atom is -0.466 e. The van der Waals surface area contributed by atoms with Crippen molar-refractivity contribution in [2.24, 2.45) is 0 Å². The Bertz CT molecular complexity index is 1180. The first-order chi connectivity index (χ1) is 15.0. The minimum absolute atomic E-state index is 0.120. The first-order valence-electron chi connectivity index (χ1n) is 9.68. The number of aryl methyl sites for hydroxylation is 1. The summed E-state index contributed by atoms with van der Waals surface area (Å²) in [5, 5.41) is 0. The molecule has 3 heterocycles. The number of imide groups is 1. The fourth-order valence-electron chi connectivity index (χ4n) is 3.40. The molecule has 1 aliphatic heterocycles. The number of rotatable bonds is 8. The Morgan fingerprint density at radius 2 is 1.87 bits per heavy atom. The molecule has 11 heteroatoms. The molecule has 0 unspecified atom stereocenters. The van der Waals surface area contributed by atoms with Crippen molar-refractivity contribution in [3.05, 3.63) is 46.5 Å². The molecule has 0 saturated carbocycles. The highest BCUT2D eigenvalue weighted by atomic mass is 79.9. The van der Waals surface area contributed by atoms with Gasteiger partial charge in [-0.25, -0.2) is 15.0 Å². The maximum Gasteiger partial charge on any atom is 0.305 e. The SMILES string of the molecule is Nc1ncnc2c1ncn2CCCOC(=O)CCCN1C(=O)c2ccc(Br)cc2C1=O. The highest BCUT2D eigenvalue weighted by Gasteiger charge is 2.35. The summed E-state index contributed by atoms with van der Waals surface area (Å²) in [4.78, 5) is 50.2. The number of fused-ring (bicyclic) bond motifs is 2. The first-order valence-corrected chi connectivity index (χ1v) is 10.5. The van der Waals surface area contributed by atoms with Gasteiger partial charge in [0, 0.05) is 24.0 Å². The predicted octanol–water partition coefficient (Wildman–Crippen LogP) is 2.18. The van der Waals surface area contributed by atoms with E-state index in [1.54, 1.807) is 24.5 Å². The lowest BCUT2D eigenvalue weighted by Gasteiger charge is -2.13. The summed E-state index contributed by atoms with van der Waals surface area (Å²) in [5.41, 5.74) is 7.69. The summed E-state index contributed by atoms with van der Waals surface area (Å²) in [6.07, 6.45) is 4.04. The van der Waals surface area contributed by atoms with Gasteiger partial charge < -0.3 is 15.0 Å². The molecule has 2 amide bonds. The number of halogens is 1. The highest BCUT2D eigenvalue weighted by molar-refractivity contribution is 9.10. The maximum absolute atomic E-state index is 12.4. The maximum atomic E-state index is 12.4. The van der Waals surface area contributed by atoms with Gasteiger partial charge in [-0.15, -0.1) is 0 Å². The summed E-state index contributed by atoms with van der Waals surface area (Å²) in [6.45, 7) is 0.964. The molecule has 3 aromatic rings. The average Bonchev–Trinajstić information content (AvgIpc) is 3.26. The van der Waals surface area contributed by atoms with Crippen LogP contribution in [0, 0.1) is 0 Å². The van der Waals surface area contributed by atoms with E-state index in [1.807, 2.05) is 4.57 Å². The summed E-state index contributed by atoms with van der Waals surface area (Å²) in [5.74, 6) is -0.730. The van der Waals surface area contributed by atoms with Gasteiger partial charge in [0.05, 0.1) is 24.1 Å². The molecule has 1 aliphatic rings. The molecule has 0 fully saturated rings. The van der Waals surface area contributed by atoms with Crippen LogP contribution in [0.3, 0.4) is 0 Å². The summed E-state index contributed by atoms with van der Waals surface area (Å²) < 4.78 is 7.80. The second-order valence-electron chi connectivity index (χ2n) is 7.00. The number of hydrogen-bond donors (Lipinski definition) is 1. The second-order valence-corrected chi connectivity index (χ2v) is 7.91. The fraction of sp³-hybridized carbons (Fsp3) is 0.300. The van der Waals surface area contributed by atoms with E-state index in [1.165, 1.54) is 11.2 Å². The van der Waals surface area contributed by atoms with Crippen LogP contribution in [0.25, 0.3) is 11.2 Å². The van der Waals surface area contributed by atoms with Gasteiger partial charge in [0.25, 0.3) is 11.8 Å². The standard InChI is InChI=1S/C20H19BrN6O4/c21-12-4-5-13-14(9-12)20(30)27(19(13)29)7-1-3-15(28)31-8-2-6-26-11-25-16-17(22)23-10-24-18(16)26/h4-5,9-11H,1-3,6-8H2,(H2,22,23,24). The molecule has 1 aromatic carbocycles. The lowest BCUT2D eigenvalue weighted by atomic mass is 10.1. The Kier molecular flexibility index (Phi) is 5.94. The van der Waals surface area contributed by atoms with Crippen LogP contribution in [0.1, 0.15) is 40.0 Å². The van der Waals surface area contributed by atoms with Crippen LogP contribution in [0.4, 0.5) is 5.82 Å². The Morgan fingerprint density at radius 1 is 1.06 bits per heavy atom. The molecule has 2 N–H and O–H groups in total. The summed E-state index contributed by atoms with van der Waals surface area (Å²) >= 11 is 3.30. The molecule has 0 bridgehead atoms. The van der Waals surface area contributed by atoms with Crippen LogP contribution >= 0.6 is 15.9 Å². The molecule has 0 atom stereocenters. The van der Waals surface area contributed by atoms with E-state index in [0.717, 1.165) is 4.47 Å². The number of ether oxygens (including phenoxy) is 1. The Hall–Kier alpha value is -3.34. The molecule has 4 rings (SSSR count). The zero-order valence-corrected chi connectivity index (χ0v) is 18.0. The second kappa shape index (κ2) is 8.80. The van der Waals surface area contributed by atoms with Crippen molar-refractivity contribution >= 4 is 50.7 Å². The number of amides is 2. The summed E-state index contributed by atoms with van der Waals surface area (Å²) in [7, 11) is 0. The van der Waals surface area contributed by atoms with Crippen molar-refractivity contribution < 1.29 is 19.1 Å². The highest BCUT2D eigenvalue weighted by Crippen LogP contribution is 2.26. The zero-order valence-electron chi connectivity index (χ0n) is 16.5. The van der Waals surface area contributed by atoms with E-state index in [4.69, 9.17) is 10.5 Å². The van der Waals surface area contributed by atoms with Crippen LogP contribution in [0.2, 0.25) is 0 Å². The first kappa shape index (κ1) is 20.9. The van der Waals surface area contributed by atoms with Crippen molar-refractivity contribution in [1.82, 2.24) is 24.4 Å². The topological polar surface area (TPSA) is 133 Å². The third kappa shape index (κ3) is 4.26. The van der Waals surface area contributed by atoms with Gasteiger partial charge in [-0.3, -0.25) is 19.3 Å². The number of benzene rings is 1. The van der Waals surface area contributed by atoms with E-state index in [-0.39, 0.29) is 37.4 Å². The van der Waals surface area contributed by atoms with E-state index in [2.05, 4.69) is 30.9 Å². The largest absolute Gasteiger partial charge is 0.466 e. The Labute approximate surface area is 185 Å². The van der Waals surface area contributed by atoms with Gasteiger partial charge in [0.1, 0.15) is 11.8 Å². The van der Waals surface area contributed by atoms with Gasteiger partial charge in [0.2, 0.25) is 0 Å². The molecular weight excluding hydrogens is 468 g/mol. The number of nitrogens with zero attached hydrogens (tertiary/aromatic N) is 5. The van der Waals surface area contributed by atoms with Crippen LogP contribution in [0.15, 0.2) is 35.3 Å². The monoisotopic (exact) mass is 486 g/mol. The number of nitrogens with two attached hydrogens (primary N) is 1. The lowest BCUT2D eigenvalue weighted by Crippen LogP contribution is -2.31. The molecule has 10 nitrogen and oxygen atoms in total. The molecule has 0 aliphatic carbocycles. The number of nitrogen functional groups attached to an aromatic ring is 1. The number of esters is 1. The van der Waals surface area contributed by atoms with Gasteiger partial charge in [-0.1, -0.05) is 15.9 Å². The van der Waals surface area contributed by atoms with Gasteiger partial charge in [-0.2, -0.15) is 0 Å². The normalized spacial score (nSPS) is 13.1. The van der Waals surface area contributed by atoms with E-state index < -0.39 is 0 Å². The number of imidazole rings is 1. The van der Waals surface area contributed by atoms with Crippen LogP contribution in [-0.4, -0.2) is 55.4 Å². The van der Waals surface area contributed by atoms with Crippen molar-refractivity contribution in [2.45, 2.75) is 25.8 Å². The number of hydrogen-bond acceptors (Lipinski definition) is 8. The number of aromatic nitrogens is 4. The molecule has 0 radical (unpaired) electrons. The fourth-order valence-corrected chi connectivity index (χ4v) is 3.76. The van der Waals surface area contributed by atoms with E-state index >= 15 is 0 Å². The summed E-state index contributed by atoms with van der Waals surface area (Å²) in [6, 6.07) is 4.98. The van der Waals surface area contributed by atoms with E-state index in [9.17, 15) is 14.4 Å². The van der Waals surface area contributed by atoms with Crippen LogP contribution in [0.5, 0.6) is 0 Å². The van der Waals surface area contributed by atoms with Gasteiger partial charge in [-0.05, 0) is 31.0 Å². The Balaban J connectivity index is 1.19. The quantitative estimate of drug-likeness (QED) is 0.291. The molecular formula is C20H19BrN6O4. The molecule has 0 spiro atoms. The predicted molar refractivity (Wildman–Crippen MR) is 114 cm³/mol. The van der Waals surface area contributed by atoms with Gasteiger partial charge >= 0.3 is 5.97 Å². The minimum atomic E-state index is -0.374. The molecule has 2 aromatic heterocycles. The van der Waals surface area contributed by atoms with Crippen LogP contribution < -0.4 is 5.73 Å². The zero-order chi connectivity index (χ0) is 22.0. The van der Waals surface area contributed by atoms with Crippen molar-refractivity contribution in [3.8, 4) is 0 Å². The van der Waals surface area contributed by atoms with Crippen molar-refractivity contribution in [2.75, 3.05) is 18.9 Å². The van der Waals surface area contributed by atoms with Crippen LogP contribution in [-0.2, 0) is 16.1 Å². The number of carbonyl (C=O) groups is 3. The van der Waals surface area contributed by atoms with Gasteiger partial charge in [0.15, 0.2) is 11.5 Å². The molecule has 31 heavy (non-hydrogen) atoms. The lowest BCUT2D eigenvalue weighted by molar-refractivity contribution is -0.144. The molecule has 160 valence electrons. The van der Waals surface area contributed by atoms with Crippen molar-refractivity contribution in [1.29, 1.82) is 0 Å².